The van der Waals surface area contributed by atoms with Crippen molar-refractivity contribution in [3.8, 4) is 5.75 Å². The molecule has 2 heterocycles. The molecule has 0 bridgehead atoms. The number of rotatable bonds is 3. The lowest BCUT2D eigenvalue weighted by Gasteiger charge is -2.29. The molecule has 0 aliphatic carbocycles. The van der Waals surface area contributed by atoms with Gasteiger partial charge in [-0.15, -0.1) is 0 Å². The number of benzene rings is 2. The molecule has 5 nitrogen and oxygen atoms in total. The van der Waals surface area contributed by atoms with Crippen molar-refractivity contribution in [3.05, 3.63) is 42.5 Å². The first-order chi connectivity index (χ1) is 11.9. The Labute approximate surface area is 146 Å². The Hall–Kier alpha value is -2.69. The molecule has 1 N–H and O–H groups in total. The molecule has 1 aromatic heterocycles. The first-order valence-electron chi connectivity index (χ1n) is 8.54. The van der Waals surface area contributed by atoms with Gasteiger partial charge in [0.1, 0.15) is 12.4 Å². The van der Waals surface area contributed by atoms with Gasteiger partial charge in [0, 0.05) is 21.8 Å². The molecule has 1 fully saturated rings. The first kappa shape index (κ1) is 15.8. The molecule has 25 heavy (non-hydrogen) atoms. The van der Waals surface area contributed by atoms with Crippen molar-refractivity contribution in [2.24, 2.45) is 0 Å². The van der Waals surface area contributed by atoms with Crippen LogP contribution in [0.15, 0.2) is 42.5 Å². The predicted molar refractivity (Wildman–Crippen MR) is 98.0 cm³/mol. The van der Waals surface area contributed by atoms with Crippen molar-refractivity contribution in [3.63, 3.8) is 0 Å². The summed E-state index contributed by atoms with van der Waals surface area (Å²) in [5.74, 6) is 0.806. The molecule has 1 atom stereocenters. The van der Waals surface area contributed by atoms with E-state index in [0.717, 1.165) is 27.6 Å². The Morgan fingerprint density at radius 2 is 1.92 bits per heavy atom. The van der Waals surface area contributed by atoms with Gasteiger partial charge >= 0.3 is 6.09 Å². The Morgan fingerprint density at radius 3 is 2.68 bits per heavy atom. The second-order valence-electron chi connectivity index (χ2n) is 7.45. The van der Waals surface area contributed by atoms with E-state index in [1.807, 2.05) is 51.1 Å². The quantitative estimate of drug-likeness (QED) is 0.774. The number of fused-ring (bicyclic) bond motifs is 3. The second-order valence-corrected chi connectivity index (χ2v) is 7.45. The van der Waals surface area contributed by atoms with Gasteiger partial charge in [0.25, 0.3) is 0 Å². The monoisotopic (exact) mass is 338 g/mol. The van der Waals surface area contributed by atoms with Gasteiger partial charge in [-0.05, 0) is 39.0 Å². The van der Waals surface area contributed by atoms with E-state index in [9.17, 15) is 4.79 Å². The molecule has 1 saturated heterocycles. The number of cyclic esters (lactones) is 1. The third kappa shape index (κ3) is 2.80. The molecule has 130 valence electrons. The van der Waals surface area contributed by atoms with E-state index in [1.54, 1.807) is 4.90 Å². The average molecular weight is 338 g/mol. The zero-order valence-electron chi connectivity index (χ0n) is 14.7. The fraction of sp³-hybridized carbons (Fsp3) is 0.350. The number of aromatic nitrogens is 1. The highest BCUT2D eigenvalue weighted by Gasteiger charge is 2.38. The number of para-hydroxylation sites is 1. The van der Waals surface area contributed by atoms with Gasteiger partial charge < -0.3 is 14.5 Å². The van der Waals surface area contributed by atoms with Crippen LogP contribution in [-0.2, 0) is 4.74 Å². The Bertz CT molecular complexity index is 939. The molecule has 0 spiro atoms. The van der Waals surface area contributed by atoms with Crippen LogP contribution >= 0.6 is 0 Å². The lowest BCUT2D eigenvalue weighted by molar-refractivity contribution is 0.0998. The van der Waals surface area contributed by atoms with Gasteiger partial charge in [0.05, 0.1) is 12.1 Å². The Morgan fingerprint density at radius 1 is 1.16 bits per heavy atom. The maximum atomic E-state index is 12.0. The minimum atomic E-state index is -0.272. The summed E-state index contributed by atoms with van der Waals surface area (Å²) in [5.41, 5.74) is 1.88. The number of amides is 1. The summed E-state index contributed by atoms with van der Waals surface area (Å²) in [4.78, 5) is 17.2. The number of carbonyl (C=O) groups is 1. The highest BCUT2D eigenvalue weighted by atomic mass is 16.6. The number of nitrogens with zero attached hydrogens (tertiary/aromatic N) is 1. The van der Waals surface area contributed by atoms with Gasteiger partial charge in [0.2, 0.25) is 0 Å². The molecule has 3 aromatic rings. The second kappa shape index (κ2) is 5.69. The van der Waals surface area contributed by atoms with E-state index in [1.165, 1.54) is 0 Å². The molecular weight excluding hydrogens is 316 g/mol. The summed E-state index contributed by atoms with van der Waals surface area (Å²) in [5, 5.41) is 2.20. The third-order valence-electron chi connectivity index (χ3n) is 4.60. The standard InChI is InChI=1S/C20H22N2O3/c1-20(2,3)22-11-13(25-19(22)23)12-24-17-10-6-9-16-18(17)14-7-4-5-8-15(14)21-16/h4-10,13,21H,11-12H2,1-3H3. The van der Waals surface area contributed by atoms with E-state index in [-0.39, 0.29) is 17.7 Å². The summed E-state index contributed by atoms with van der Waals surface area (Å²) in [6, 6.07) is 14.1. The third-order valence-corrected chi connectivity index (χ3v) is 4.60. The summed E-state index contributed by atoms with van der Waals surface area (Å²) < 4.78 is 11.5. The van der Waals surface area contributed by atoms with E-state index in [0.29, 0.717) is 13.2 Å². The highest BCUT2D eigenvalue weighted by molar-refractivity contribution is 6.10. The van der Waals surface area contributed by atoms with Gasteiger partial charge in [-0.2, -0.15) is 0 Å². The molecule has 2 aromatic carbocycles. The lowest BCUT2D eigenvalue weighted by Crippen LogP contribution is -2.42. The number of nitrogens with one attached hydrogen (secondary N) is 1. The van der Waals surface area contributed by atoms with E-state index in [4.69, 9.17) is 9.47 Å². The van der Waals surface area contributed by atoms with Crippen molar-refractivity contribution in [1.29, 1.82) is 0 Å². The van der Waals surface area contributed by atoms with Crippen LogP contribution in [-0.4, -0.2) is 40.8 Å². The fourth-order valence-electron chi connectivity index (χ4n) is 3.33. The van der Waals surface area contributed by atoms with Crippen molar-refractivity contribution in [2.45, 2.75) is 32.4 Å². The first-order valence-corrected chi connectivity index (χ1v) is 8.54. The summed E-state index contributed by atoms with van der Waals surface area (Å²) in [6.45, 7) is 6.90. The average Bonchev–Trinajstić information content (AvgIpc) is 3.13. The zero-order valence-corrected chi connectivity index (χ0v) is 14.7. The van der Waals surface area contributed by atoms with Crippen LogP contribution in [0.2, 0.25) is 0 Å². The van der Waals surface area contributed by atoms with Gasteiger partial charge in [-0.25, -0.2) is 4.79 Å². The van der Waals surface area contributed by atoms with Crippen molar-refractivity contribution >= 4 is 27.9 Å². The normalized spacial score (nSPS) is 18.1. The molecule has 5 heteroatoms. The minimum absolute atomic E-state index is 0.247. The number of hydrogen-bond acceptors (Lipinski definition) is 3. The Kier molecular flexibility index (Phi) is 3.60. The number of hydrogen-bond donors (Lipinski definition) is 1. The number of H-pyrrole nitrogens is 1. The number of ether oxygens (including phenoxy) is 2. The molecule has 1 aliphatic heterocycles. The van der Waals surface area contributed by atoms with Crippen LogP contribution in [0.3, 0.4) is 0 Å². The van der Waals surface area contributed by atoms with Crippen LogP contribution in [0.4, 0.5) is 4.79 Å². The predicted octanol–water partition coefficient (Wildman–Crippen LogP) is 4.32. The Balaban J connectivity index is 1.57. The van der Waals surface area contributed by atoms with Crippen LogP contribution in [0.5, 0.6) is 5.75 Å². The SMILES string of the molecule is CC(C)(C)N1CC(COc2cccc3[nH]c4ccccc4c23)OC1=O. The smallest absolute Gasteiger partial charge is 0.410 e. The molecule has 1 amide bonds. The molecule has 4 rings (SSSR count). The van der Waals surface area contributed by atoms with Gasteiger partial charge in [-0.3, -0.25) is 4.90 Å². The van der Waals surface area contributed by atoms with Crippen molar-refractivity contribution in [2.75, 3.05) is 13.2 Å². The molecule has 1 unspecified atom stereocenters. The topological polar surface area (TPSA) is 54.6 Å². The number of aromatic amines is 1. The van der Waals surface area contributed by atoms with Crippen molar-refractivity contribution < 1.29 is 14.3 Å². The van der Waals surface area contributed by atoms with Crippen molar-refractivity contribution in [1.82, 2.24) is 9.88 Å². The van der Waals surface area contributed by atoms with E-state index < -0.39 is 0 Å². The van der Waals surface area contributed by atoms with E-state index in [2.05, 4.69) is 17.1 Å². The van der Waals surface area contributed by atoms with E-state index >= 15 is 0 Å². The number of carbonyl (C=O) groups excluding carboxylic acids is 1. The molecule has 1 aliphatic rings. The zero-order chi connectivity index (χ0) is 17.6. The highest BCUT2D eigenvalue weighted by Crippen LogP contribution is 2.33. The van der Waals surface area contributed by atoms with Crippen LogP contribution in [0.25, 0.3) is 21.8 Å². The van der Waals surface area contributed by atoms with Crippen LogP contribution in [0.1, 0.15) is 20.8 Å². The molecule has 0 saturated carbocycles. The summed E-state index contributed by atoms with van der Waals surface area (Å²) in [7, 11) is 0. The lowest BCUT2D eigenvalue weighted by atomic mass is 10.1. The van der Waals surface area contributed by atoms with Gasteiger partial charge in [0.15, 0.2) is 6.10 Å². The van der Waals surface area contributed by atoms with Crippen LogP contribution < -0.4 is 4.74 Å². The summed E-state index contributed by atoms with van der Waals surface area (Å²) in [6.07, 6.45) is -0.529. The van der Waals surface area contributed by atoms with Gasteiger partial charge in [-0.1, -0.05) is 24.3 Å². The fourth-order valence-corrected chi connectivity index (χ4v) is 3.33. The maximum Gasteiger partial charge on any atom is 0.410 e. The molecular formula is C20H22N2O3. The summed E-state index contributed by atoms with van der Waals surface area (Å²) >= 11 is 0. The largest absolute Gasteiger partial charge is 0.489 e. The minimum Gasteiger partial charge on any atom is -0.489 e. The maximum absolute atomic E-state index is 12.0. The molecule has 0 radical (unpaired) electrons. The van der Waals surface area contributed by atoms with Crippen LogP contribution in [0, 0.1) is 0 Å².